The first-order chi connectivity index (χ1) is 9.51. The zero-order valence-electron chi connectivity index (χ0n) is 11.7. The summed E-state index contributed by atoms with van der Waals surface area (Å²) in [5.74, 6) is 0.0641. The van der Waals surface area contributed by atoms with Gasteiger partial charge in [0.1, 0.15) is 18.0 Å². The molecule has 0 unspecified atom stereocenters. The zero-order chi connectivity index (χ0) is 14.7. The molecule has 0 amide bonds. The van der Waals surface area contributed by atoms with Crippen molar-refractivity contribution in [3.63, 3.8) is 0 Å². The van der Waals surface area contributed by atoms with Crippen LogP contribution in [0.4, 0.5) is 0 Å². The second-order valence-corrected chi connectivity index (χ2v) is 4.59. The Labute approximate surface area is 117 Å². The molecular formula is C15H16N2O3. The van der Waals surface area contributed by atoms with E-state index in [1.54, 1.807) is 19.4 Å². The highest BCUT2D eigenvalue weighted by Gasteiger charge is 2.13. The monoisotopic (exact) mass is 272 g/mol. The average molecular weight is 272 g/mol. The number of hydrogen-bond acceptors (Lipinski definition) is 4. The molecule has 1 heterocycles. The van der Waals surface area contributed by atoms with Gasteiger partial charge in [-0.2, -0.15) is 0 Å². The van der Waals surface area contributed by atoms with Crippen LogP contribution in [-0.4, -0.2) is 28.2 Å². The molecule has 2 rings (SSSR count). The van der Waals surface area contributed by atoms with Gasteiger partial charge in [0.25, 0.3) is 0 Å². The number of aryl methyl sites for hydroxylation is 2. The maximum absolute atomic E-state index is 10.7. The van der Waals surface area contributed by atoms with Gasteiger partial charge in [-0.15, -0.1) is 0 Å². The van der Waals surface area contributed by atoms with Crippen molar-refractivity contribution in [2.75, 3.05) is 7.11 Å². The zero-order valence-corrected chi connectivity index (χ0v) is 11.7. The van der Waals surface area contributed by atoms with Gasteiger partial charge in [-0.3, -0.25) is 4.79 Å². The van der Waals surface area contributed by atoms with Crippen molar-refractivity contribution in [3.8, 4) is 17.0 Å². The Balaban J connectivity index is 2.53. The van der Waals surface area contributed by atoms with Crippen LogP contribution in [0, 0.1) is 13.8 Å². The maximum atomic E-state index is 10.7. The van der Waals surface area contributed by atoms with E-state index < -0.39 is 5.97 Å². The molecule has 5 nitrogen and oxygen atoms in total. The van der Waals surface area contributed by atoms with Crippen LogP contribution < -0.4 is 4.74 Å². The third kappa shape index (κ3) is 2.93. The van der Waals surface area contributed by atoms with E-state index in [9.17, 15) is 4.79 Å². The summed E-state index contributed by atoms with van der Waals surface area (Å²) in [6, 6.07) is 5.73. The third-order valence-electron chi connectivity index (χ3n) is 2.93. The fourth-order valence-electron chi connectivity index (χ4n) is 2.18. The first kappa shape index (κ1) is 14.0. The van der Waals surface area contributed by atoms with E-state index in [-0.39, 0.29) is 12.2 Å². The van der Waals surface area contributed by atoms with E-state index in [1.165, 1.54) is 0 Å². The maximum Gasteiger partial charge on any atom is 0.311 e. The number of hydrogen-bond donors (Lipinski definition) is 1. The number of rotatable bonds is 4. The van der Waals surface area contributed by atoms with Crippen LogP contribution in [-0.2, 0) is 11.2 Å². The minimum Gasteiger partial charge on any atom is -0.496 e. The molecule has 2 aromatic rings. The summed E-state index contributed by atoms with van der Waals surface area (Å²) in [6.45, 7) is 3.97. The Morgan fingerprint density at radius 3 is 2.75 bits per heavy atom. The highest BCUT2D eigenvalue weighted by Crippen LogP contribution is 2.32. The van der Waals surface area contributed by atoms with Crippen molar-refractivity contribution in [2.45, 2.75) is 20.3 Å². The Hall–Kier alpha value is -2.43. The molecule has 20 heavy (non-hydrogen) atoms. The lowest BCUT2D eigenvalue weighted by molar-refractivity contribution is -0.136. The molecular weight excluding hydrogens is 256 g/mol. The van der Waals surface area contributed by atoms with Gasteiger partial charge in [-0.05, 0) is 37.1 Å². The van der Waals surface area contributed by atoms with Gasteiger partial charge in [0.05, 0.1) is 12.8 Å². The fraction of sp³-hybridized carbons (Fsp3) is 0.267. The Morgan fingerprint density at radius 1 is 1.35 bits per heavy atom. The molecule has 0 aliphatic rings. The van der Waals surface area contributed by atoms with Crippen LogP contribution in [0.2, 0.25) is 0 Å². The lowest BCUT2D eigenvalue weighted by Crippen LogP contribution is -2.05. The highest BCUT2D eigenvalue weighted by atomic mass is 16.5. The lowest BCUT2D eigenvalue weighted by atomic mass is 10.0. The van der Waals surface area contributed by atoms with Crippen LogP contribution in [0.25, 0.3) is 11.3 Å². The Morgan fingerprint density at radius 2 is 2.10 bits per heavy atom. The van der Waals surface area contributed by atoms with Crippen LogP contribution in [0.5, 0.6) is 5.75 Å². The summed E-state index contributed by atoms with van der Waals surface area (Å²) < 4.78 is 5.41. The second-order valence-electron chi connectivity index (χ2n) is 4.59. The van der Waals surface area contributed by atoms with Crippen molar-refractivity contribution in [3.05, 3.63) is 41.3 Å². The number of aromatic nitrogens is 2. The van der Waals surface area contributed by atoms with Gasteiger partial charge in [-0.25, -0.2) is 9.97 Å². The first-order valence-corrected chi connectivity index (χ1v) is 6.20. The molecule has 1 aromatic heterocycles. The number of methoxy groups -OCH3 is 1. The molecule has 0 spiro atoms. The van der Waals surface area contributed by atoms with Gasteiger partial charge < -0.3 is 9.84 Å². The predicted molar refractivity (Wildman–Crippen MR) is 74.8 cm³/mol. The van der Waals surface area contributed by atoms with Crippen molar-refractivity contribution in [1.82, 2.24) is 9.97 Å². The molecule has 0 radical (unpaired) electrons. The predicted octanol–water partition coefficient (Wildman–Crippen LogP) is 2.40. The SMILES string of the molecule is COc1cc(C)cc(C)c1-c1ccnc(CC(=O)O)n1. The standard InChI is InChI=1S/C15H16N2O3/c1-9-6-10(2)15(12(7-9)20-3)11-4-5-16-13(17-11)8-14(18)19/h4-7H,8H2,1-3H3,(H,18,19). The van der Waals surface area contributed by atoms with Gasteiger partial charge >= 0.3 is 5.97 Å². The first-order valence-electron chi connectivity index (χ1n) is 6.20. The van der Waals surface area contributed by atoms with Crippen molar-refractivity contribution >= 4 is 5.97 Å². The molecule has 5 heteroatoms. The number of benzene rings is 1. The molecule has 0 aliphatic carbocycles. The van der Waals surface area contributed by atoms with Crippen molar-refractivity contribution in [2.24, 2.45) is 0 Å². The van der Waals surface area contributed by atoms with Crippen LogP contribution in [0.3, 0.4) is 0 Å². The van der Waals surface area contributed by atoms with E-state index in [4.69, 9.17) is 9.84 Å². The Bertz CT molecular complexity index is 654. The van der Waals surface area contributed by atoms with E-state index in [0.29, 0.717) is 5.69 Å². The van der Waals surface area contributed by atoms with Crippen LogP contribution >= 0.6 is 0 Å². The number of carbonyl (C=O) groups is 1. The molecule has 0 aliphatic heterocycles. The number of carboxylic acid groups (broad SMARTS) is 1. The Kier molecular flexibility index (Phi) is 3.98. The smallest absolute Gasteiger partial charge is 0.311 e. The lowest BCUT2D eigenvalue weighted by Gasteiger charge is -2.13. The molecule has 1 aromatic carbocycles. The minimum atomic E-state index is -0.949. The summed E-state index contributed by atoms with van der Waals surface area (Å²) in [5.41, 5.74) is 3.67. The van der Waals surface area contributed by atoms with Crippen molar-refractivity contribution in [1.29, 1.82) is 0 Å². The molecule has 1 N–H and O–H groups in total. The van der Waals surface area contributed by atoms with E-state index in [2.05, 4.69) is 9.97 Å². The molecule has 0 saturated heterocycles. The summed E-state index contributed by atoms with van der Waals surface area (Å²) >= 11 is 0. The number of aliphatic carboxylic acids is 1. The highest BCUT2D eigenvalue weighted by molar-refractivity contribution is 5.72. The minimum absolute atomic E-state index is 0.193. The summed E-state index contributed by atoms with van der Waals surface area (Å²) in [6.07, 6.45) is 1.38. The average Bonchev–Trinajstić information content (AvgIpc) is 2.37. The fourth-order valence-corrected chi connectivity index (χ4v) is 2.18. The molecule has 0 bridgehead atoms. The van der Waals surface area contributed by atoms with Gasteiger partial charge in [-0.1, -0.05) is 6.07 Å². The van der Waals surface area contributed by atoms with E-state index in [0.717, 1.165) is 22.4 Å². The van der Waals surface area contributed by atoms with E-state index >= 15 is 0 Å². The summed E-state index contributed by atoms with van der Waals surface area (Å²) in [5, 5.41) is 8.82. The molecule has 104 valence electrons. The van der Waals surface area contributed by atoms with Crippen molar-refractivity contribution < 1.29 is 14.6 Å². The molecule has 0 saturated carbocycles. The van der Waals surface area contributed by atoms with Gasteiger partial charge in [0.2, 0.25) is 0 Å². The van der Waals surface area contributed by atoms with Gasteiger partial charge in [0, 0.05) is 11.8 Å². The van der Waals surface area contributed by atoms with Crippen LogP contribution in [0.1, 0.15) is 17.0 Å². The molecule has 0 atom stereocenters. The van der Waals surface area contributed by atoms with E-state index in [1.807, 2.05) is 26.0 Å². The largest absolute Gasteiger partial charge is 0.496 e. The number of carboxylic acids is 1. The summed E-state index contributed by atoms with van der Waals surface area (Å²) in [7, 11) is 1.61. The quantitative estimate of drug-likeness (QED) is 0.925. The molecule has 0 fully saturated rings. The normalized spacial score (nSPS) is 10.3. The third-order valence-corrected chi connectivity index (χ3v) is 2.93. The second kappa shape index (κ2) is 5.69. The number of nitrogens with zero attached hydrogens (tertiary/aromatic N) is 2. The van der Waals surface area contributed by atoms with Crippen LogP contribution in [0.15, 0.2) is 24.4 Å². The number of ether oxygens (including phenoxy) is 1. The summed E-state index contributed by atoms with van der Waals surface area (Å²) in [4.78, 5) is 19.0. The topological polar surface area (TPSA) is 72.3 Å². The van der Waals surface area contributed by atoms with Gasteiger partial charge in [0.15, 0.2) is 0 Å².